The van der Waals surface area contributed by atoms with Gasteiger partial charge in [0, 0.05) is 28.6 Å². The number of thiazole rings is 1. The van der Waals surface area contributed by atoms with Crippen molar-refractivity contribution in [1.29, 1.82) is 0 Å². The number of ether oxygens (including phenoxy) is 1. The summed E-state index contributed by atoms with van der Waals surface area (Å²) in [5.41, 5.74) is 3.38. The van der Waals surface area contributed by atoms with Gasteiger partial charge in [-0.1, -0.05) is 11.8 Å². The number of hydrogen-bond donors (Lipinski definition) is 0. The lowest BCUT2D eigenvalue weighted by Gasteiger charge is -2.06. The van der Waals surface area contributed by atoms with E-state index in [1.165, 1.54) is 10.4 Å². The predicted molar refractivity (Wildman–Crippen MR) is 121 cm³/mol. The van der Waals surface area contributed by atoms with E-state index in [1.807, 2.05) is 31.3 Å². The van der Waals surface area contributed by atoms with Gasteiger partial charge in [0.1, 0.15) is 15.6 Å². The highest BCUT2D eigenvalue weighted by Gasteiger charge is 2.22. The Bertz CT molecular complexity index is 1250. The van der Waals surface area contributed by atoms with Crippen molar-refractivity contribution in [2.24, 2.45) is 7.05 Å². The first kappa shape index (κ1) is 18.8. The highest BCUT2D eigenvalue weighted by molar-refractivity contribution is 7.98. The Morgan fingerprint density at radius 1 is 1.21 bits per heavy atom. The highest BCUT2D eigenvalue weighted by Crippen LogP contribution is 2.36. The number of hydrogen-bond acceptors (Lipinski definition) is 7. The minimum Gasteiger partial charge on any atom is -0.497 e. The smallest absolute Gasteiger partial charge is 0.262 e. The molecule has 0 atom stereocenters. The third kappa shape index (κ3) is 3.39. The number of aromatic nitrogens is 3. The molecule has 5 nitrogen and oxygen atoms in total. The van der Waals surface area contributed by atoms with Crippen LogP contribution in [-0.4, -0.2) is 21.6 Å². The molecule has 0 aliphatic heterocycles. The zero-order valence-electron chi connectivity index (χ0n) is 16.1. The Hall–Kier alpha value is -2.16. The van der Waals surface area contributed by atoms with Crippen LogP contribution in [0.3, 0.4) is 0 Å². The quantitative estimate of drug-likeness (QED) is 0.325. The molecule has 5 rings (SSSR count). The maximum atomic E-state index is 12.9. The van der Waals surface area contributed by atoms with Crippen LogP contribution in [-0.2, 0) is 25.6 Å². The molecule has 0 bridgehead atoms. The van der Waals surface area contributed by atoms with E-state index >= 15 is 0 Å². The number of thioether (sulfide) groups is 1. The van der Waals surface area contributed by atoms with Gasteiger partial charge in [-0.05, 0) is 49.1 Å². The van der Waals surface area contributed by atoms with Crippen molar-refractivity contribution in [3.63, 3.8) is 0 Å². The molecule has 1 aliphatic rings. The summed E-state index contributed by atoms with van der Waals surface area (Å²) in [5.74, 6) is 1.52. The average Bonchev–Trinajstić information content (AvgIpc) is 3.45. The van der Waals surface area contributed by atoms with E-state index in [4.69, 9.17) is 14.7 Å². The standard InChI is InChI=1S/C21H19N3O2S3/c1-24-20(25)17-15-4-3-5-16(15)29-19(17)23-21(24)28-11-13-10-27-18(22-13)12-6-8-14(26-2)9-7-12/h6-10H,3-5,11H2,1-2H3. The zero-order chi connectivity index (χ0) is 20.0. The minimum atomic E-state index is 0.0779. The normalized spacial score (nSPS) is 13.2. The van der Waals surface area contributed by atoms with Crippen LogP contribution < -0.4 is 10.3 Å². The van der Waals surface area contributed by atoms with Crippen LogP contribution in [0.5, 0.6) is 5.75 Å². The maximum Gasteiger partial charge on any atom is 0.262 e. The van der Waals surface area contributed by atoms with Gasteiger partial charge in [-0.2, -0.15) is 0 Å². The SMILES string of the molecule is COc1ccc(-c2nc(CSc3nc4sc5c(c4c(=O)n3C)CCC5)cs2)cc1. The first-order chi connectivity index (χ1) is 14.1. The van der Waals surface area contributed by atoms with Crippen LogP contribution in [0.2, 0.25) is 0 Å². The summed E-state index contributed by atoms with van der Waals surface area (Å²) in [6, 6.07) is 7.92. The van der Waals surface area contributed by atoms with Crippen LogP contribution in [0, 0.1) is 0 Å². The number of nitrogens with zero attached hydrogens (tertiary/aromatic N) is 3. The molecule has 0 fully saturated rings. The fraction of sp³-hybridized carbons (Fsp3) is 0.286. The van der Waals surface area contributed by atoms with Gasteiger partial charge in [0.15, 0.2) is 5.16 Å². The molecule has 8 heteroatoms. The van der Waals surface area contributed by atoms with Crippen molar-refractivity contribution >= 4 is 44.7 Å². The zero-order valence-corrected chi connectivity index (χ0v) is 18.5. The van der Waals surface area contributed by atoms with Crippen LogP contribution >= 0.6 is 34.4 Å². The van der Waals surface area contributed by atoms with E-state index in [0.717, 1.165) is 56.7 Å². The van der Waals surface area contributed by atoms with Crippen molar-refractivity contribution in [3.8, 4) is 16.3 Å². The van der Waals surface area contributed by atoms with Gasteiger partial charge in [0.25, 0.3) is 5.56 Å². The van der Waals surface area contributed by atoms with Gasteiger partial charge < -0.3 is 4.74 Å². The first-order valence-electron chi connectivity index (χ1n) is 9.37. The fourth-order valence-corrected chi connectivity index (χ4v) is 6.71. The number of aryl methyl sites for hydroxylation is 2. The number of benzene rings is 1. The molecule has 29 heavy (non-hydrogen) atoms. The van der Waals surface area contributed by atoms with Gasteiger partial charge in [0.2, 0.25) is 0 Å². The molecule has 0 saturated carbocycles. The molecule has 3 aromatic heterocycles. The molecular weight excluding hydrogens is 422 g/mol. The second-order valence-electron chi connectivity index (χ2n) is 6.96. The van der Waals surface area contributed by atoms with Crippen LogP contribution in [0.25, 0.3) is 20.8 Å². The number of thiophene rings is 1. The molecule has 1 aliphatic carbocycles. The molecule has 0 spiro atoms. The minimum absolute atomic E-state index is 0.0779. The van der Waals surface area contributed by atoms with Crippen molar-refractivity contribution in [1.82, 2.24) is 14.5 Å². The fourth-order valence-electron chi connectivity index (χ4n) is 3.61. The van der Waals surface area contributed by atoms with Crippen LogP contribution in [0.4, 0.5) is 0 Å². The Morgan fingerprint density at radius 3 is 2.83 bits per heavy atom. The summed E-state index contributed by atoms with van der Waals surface area (Å²) in [7, 11) is 3.48. The summed E-state index contributed by atoms with van der Waals surface area (Å²) >= 11 is 4.88. The lowest BCUT2D eigenvalue weighted by molar-refractivity contribution is 0.415. The molecule has 0 amide bonds. The largest absolute Gasteiger partial charge is 0.497 e. The monoisotopic (exact) mass is 441 g/mol. The van der Waals surface area contributed by atoms with Crippen LogP contribution in [0.1, 0.15) is 22.6 Å². The molecular formula is C21H19N3O2S3. The second kappa shape index (κ2) is 7.59. The van der Waals surface area contributed by atoms with Gasteiger partial charge in [-0.15, -0.1) is 22.7 Å². The maximum absolute atomic E-state index is 12.9. The van der Waals surface area contributed by atoms with Crippen molar-refractivity contribution in [3.05, 3.63) is 56.1 Å². The molecule has 1 aromatic carbocycles. The van der Waals surface area contributed by atoms with E-state index < -0.39 is 0 Å². The van der Waals surface area contributed by atoms with E-state index in [1.54, 1.807) is 46.1 Å². The van der Waals surface area contributed by atoms with E-state index in [2.05, 4.69) is 5.38 Å². The molecule has 3 heterocycles. The summed E-state index contributed by atoms with van der Waals surface area (Å²) in [6.07, 6.45) is 3.23. The summed E-state index contributed by atoms with van der Waals surface area (Å²) < 4.78 is 6.90. The molecule has 0 N–H and O–H groups in total. The highest BCUT2D eigenvalue weighted by atomic mass is 32.2. The lowest BCUT2D eigenvalue weighted by Crippen LogP contribution is -2.20. The van der Waals surface area contributed by atoms with E-state index in [0.29, 0.717) is 5.75 Å². The third-order valence-electron chi connectivity index (χ3n) is 5.14. The number of rotatable bonds is 5. The van der Waals surface area contributed by atoms with Crippen molar-refractivity contribution in [2.45, 2.75) is 30.2 Å². The van der Waals surface area contributed by atoms with Crippen molar-refractivity contribution in [2.75, 3.05) is 7.11 Å². The summed E-state index contributed by atoms with van der Waals surface area (Å²) in [5, 5.41) is 4.64. The Morgan fingerprint density at radius 2 is 2.03 bits per heavy atom. The molecule has 0 unspecified atom stereocenters. The third-order valence-corrected chi connectivity index (χ3v) is 8.33. The lowest BCUT2D eigenvalue weighted by atomic mass is 10.2. The predicted octanol–water partition coefficient (Wildman–Crippen LogP) is 4.91. The van der Waals surface area contributed by atoms with Crippen molar-refractivity contribution < 1.29 is 4.74 Å². The second-order valence-corrected chi connectivity index (χ2v) is 9.84. The average molecular weight is 442 g/mol. The van der Waals surface area contributed by atoms with Gasteiger partial charge >= 0.3 is 0 Å². The number of methoxy groups -OCH3 is 1. The van der Waals surface area contributed by atoms with Gasteiger partial charge in [0.05, 0.1) is 18.2 Å². The molecule has 148 valence electrons. The van der Waals surface area contributed by atoms with Crippen LogP contribution in [0.15, 0.2) is 39.6 Å². The first-order valence-corrected chi connectivity index (χ1v) is 12.0. The number of fused-ring (bicyclic) bond motifs is 3. The molecule has 4 aromatic rings. The summed E-state index contributed by atoms with van der Waals surface area (Å²) in [4.78, 5) is 24.7. The van der Waals surface area contributed by atoms with Gasteiger partial charge in [-0.25, -0.2) is 9.97 Å². The Labute approximate surface area is 180 Å². The van der Waals surface area contributed by atoms with E-state index in [-0.39, 0.29) is 5.56 Å². The Kier molecular flexibility index (Phi) is 4.93. The van der Waals surface area contributed by atoms with E-state index in [9.17, 15) is 4.79 Å². The topological polar surface area (TPSA) is 57.0 Å². The molecule has 0 saturated heterocycles. The molecule has 0 radical (unpaired) electrons. The van der Waals surface area contributed by atoms with Gasteiger partial charge in [-0.3, -0.25) is 9.36 Å². The summed E-state index contributed by atoms with van der Waals surface area (Å²) in [6.45, 7) is 0. The Balaban J connectivity index is 1.38.